The number of carbonyl (C=O) groups excluding carboxylic acids is 2. The third-order valence-corrected chi connectivity index (χ3v) is 5.66. The minimum atomic E-state index is -0.344. The van der Waals surface area contributed by atoms with E-state index in [9.17, 15) is 9.59 Å². The Labute approximate surface area is 188 Å². The highest BCUT2D eigenvalue weighted by Gasteiger charge is 2.26. The highest BCUT2D eigenvalue weighted by atomic mass is 16.2. The molecule has 0 atom stereocenters. The molecule has 1 aliphatic heterocycles. The van der Waals surface area contributed by atoms with E-state index in [2.05, 4.69) is 22.5 Å². The first-order valence-corrected chi connectivity index (χ1v) is 10.7. The Bertz CT molecular complexity index is 1030. The van der Waals surface area contributed by atoms with Gasteiger partial charge in [0.05, 0.1) is 6.54 Å². The molecular weight excluding hydrogens is 402 g/mol. The third-order valence-electron chi connectivity index (χ3n) is 5.66. The van der Waals surface area contributed by atoms with E-state index in [0.717, 1.165) is 24.3 Å². The molecule has 3 amide bonds. The summed E-state index contributed by atoms with van der Waals surface area (Å²) >= 11 is 0. The number of para-hydroxylation sites is 2. The highest BCUT2D eigenvalue weighted by Crippen LogP contribution is 2.21. The number of nitrogens with zero attached hydrogens (tertiary/aromatic N) is 3. The summed E-state index contributed by atoms with van der Waals surface area (Å²) in [5.41, 5.74) is 5.56. The number of anilines is 2. The summed E-state index contributed by atoms with van der Waals surface area (Å²) in [6.07, 6.45) is 0. The Morgan fingerprint density at radius 2 is 1.41 bits per heavy atom. The normalized spacial score (nSPS) is 13.5. The topological polar surface area (TPSA) is 81.9 Å². The molecule has 32 heavy (non-hydrogen) atoms. The largest absolute Gasteiger partial charge is 0.368 e. The number of hydrogen-bond donors (Lipinski definition) is 2. The molecule has 4 rings (SSSR count). The van der Waals surface area contributed by atoms with Gasteiger partial charge in [0.25, 0.3) is 5.91 Å². The van der Waals surface area contributed by atoms with Crippen molar-refractivity contribution in [3.63, 3.8) is 0 Å². The van der Waals surface area contributed by atoms with E-state index < -0.39 is 0 Å². The van der Waals surface area contributed by atoms with Crippen LogP contribution in [-0.2, 0) is 6.54 Å². The fourth-order valence-electron chi connectivity index (χ4n) is 3.87. The smallest absolute Gasteiger partial charge is 0.324 e. The van der Waals surface area contributed by atoms with Crippen molar-refractivity contribution in [1.82, 2.24) is 10.3 Å². The van der Waals surface area contributed by atoms with Gasteiger partial charge in [0.15, 0.2) is 0 Å². The first kappa shape index (κ1) is 21.4. The minimum Gasteiger partial charge on any atom is -0.368 e. The molecule has 0 saturated carbocycles. The van der Waals surface area contributed by atoms with Crippen molar-refractivity contribution in [3.05, 3.63) is 96.1 Å². The second kappa shape index (κ2) is 9.98. The molecule has 0 aromatic heterocycles. The summed E-state index contributed by atoms with van der Waals surface area (Å²) in [4.78, 5) is 31.2. The summed E-state index contributed by atoms with van der Waals surface area (Å²) in [7, 11) is 0. The third kappa shape index (κ3) is 4.90. The first-order valence-electron chi connectivity index (χ1n) is 10.7. The van der Waals surface area contributed by atoms with Gasteiger partial charge in [-0.2, -0.15) is 0 Å². The SMILES string of the molecule is NNC(=O)c1ccc(CN(C(=O)N2CCN(c3ccccc3)CC2)c2ccccc2)cc1. The van der Waals surface area contributed by atoms with Crippen LogP contribution in [-0.4, -0.2) is 43.0 Å². The lowest BCUT2D eigenvalue weighted by atomic mass is 10.1. The van der Waals surface area contributed by atoms with Crippen LogP contribution in [0.25, 0.3) is 0 Å². The maximum absolute atomic E-state index is 13.5. The molecule has 1 aliphatic rings. The van der Waals surface area contributed by atoms with Crippen molar-refractivity contribution < 1.29 is 9.59 Å². The Kier molecular flexibility index (Phi) is 6.67. The average molecular weight is 430 g/mol. The number of benzene rings is 3. The van der Waals surface area contributed by atoms with Gasteiger partial charge < -0.3 is 9.80 Å². The quantitative estimate of drug-likeness (QED) is 0.371. The van der Waals surface area contributed by atoms with E-state index in [4.69, 9.17) is 5.84 Å². The Morgan fingerprint density at radius 1 is 0.812 bits per heavy atom. The van der Waals surface area contributed by atoms with Gasteiger partial charge in [-0.15, -0.1) is 0 Å². The number of hydrogen-bond acceptors (Lipinski definition) is 4. The lowest BCUT2D eigenvalue weighted by molar-refractivity contribution is 0.0953. The van der Waals surface area contributed by atoms with Gasteiger partial charge >= 0.3 is 6.03 Å². The van der Waals surface area contributed by atoms with Gasteiger partial charge in [-0.1, -0.05) is 48.5 Å². The molecule has 1 heterocycles. The molecule has 0 radical (unpaired) electrons. The molecule has 164 valence electrons. The van der Waals surface area contributed by atoms with Gasteiger partial charge in [-0.05, 0) is 42.0 Å². The molecule has 3 aromatic carbocycles. The van der Waals surface area contributed by atoms with Gasteiger partial charge in [-0.25, -0.2) is 10.6 Å². The molecule has 1 saturated heterocycles. The van der Waals surface area contributed by atoms with Crippen LogP contribution >= 0.6 is 0 Å². The van der Waals surface area contributed by atoms with E-state index in [-0.39, 0.29) is 11.9 Å². The summed E-state index contributed by atoms with van der Waals surface area (Å²) in [6.45, 7) is 3.31. The molecule has 3 aromatic rings. The highest BCUT2D eigenvalue weighted by molar-refractivity contribution is 5.94. The fourth-order valence-corrected chi connectivity index (χ4v) is 3.87. The molecule has 0 spiro atoms. The maximum Gasteiger partial charge on any atom is 0.324 e. The molecule has 7 heteroatoms. The van der Waals surface area contributed by atoms with Gasteiger partial charge in [0.2, 0.25) is 0 Å². The van der Waals surface area contributed by atoms with Crippen LogP contribution in [0.3, 0.4) is 0 Å². The van der Waals surface area contributed by atoms with Crippen molar-refractivity contribution >= 4 is 23.3 Å². The number of nitrogens with two attached hydrogens (primary N) is 1. The van der Waals surface area contributed by atoms with Crippen LogP contribution in [0.5, 0.6) is 0 Å². The fraction of sp³-hybridized carbons (Fsp3) is 0.200. The lowest BCUT2D eigenvalue weighted by Gasteiger charge is -2.38. The van der Waals surface area contributed by atoms with E-state index >= 15 is 0 Å². The molecule has 1 fully saturated rings. The molecule has 7 nitrogen and oxygen atoms in total. The molecule has 0 aliphatic carbocycles. The van der Waals surface area contributed by atoms with Crippen LogP contribution in [0.15, 0.2) is 84.9 Å². The molecule has 0 unspecified atom stereocenters. The average Bonchev–Trinajstić information content (AvgIpc) is 2.88. The summed E-state index contributed by atoms with van der Waals surface area (Å²) in [5, 5.41) is 0. The van der Waals surface area contributed by atoms with Gasteiger partial charge in [-0.3, -0.25) is 15.1 Å². The van der Waals surface area contributed by atoms with Crippen LogP contribution < -0.4 is 21.1 Å². The predicted molar refractivity (Wildman–Crippen MR) is 126 cm³/mol. The van der Waals surface area contributed by atoms with Crippen molar-refractivity contribution in [3.8, 4) is 0 Å². The number of hydrazine groups is 1. The van der Waals surface area contributed by atoms with Gasteiger partial charge in [0, 0.05) is 43.1 Å². The predicted octanol–water partition coefficient (Wildman–Crippen LogP) is 3.24. The van der Waals surface area contributed by atoms with Crippen LogP contribution in [0.2, 0.25) is 0 Å². The van der Waals surface area contributed by atoms with Crippen molar-refractivity contribution in [2.75, 3.05) is 36.0 Å². The molecule has 0 bridgehead atoms. The number of carbonyl (C=O) groups is 2. The Balaban J connectivity index is 1.48. The Hall–Kier alpha value is -3.84. The van der Waals surface area contributed by atoms with Crippen LogP contribution in [0.1, 0.15) is 15.9 Å². The summed E-state index contributed by atoms with van der Waals surface area (Å²) in [6, 6.07) is 27.0. The van der Waals surface area contributed by atoms with Crippen molar-refractivity contribution in [2.45, 2.75) is 6.54 Å². The van der Waals surface area contributed by atoms with E-state index in [1.54, 1.807) is 17.0 Å². The number of nitrogen functional groups attached to an aromatic ring is 1. The number of amides is 3. The van der Waals surface area contributed by atoms with Crippen molar-refractivity contribution in [1.29, 1.82) is 0 Å². The lowest BCUT2D eigenvalue weighted by Crippen LogP contribution is -2.53. The van der Waals surface area contributed by atoms with Crippen LogP contribution in [0.4, 0.5) is 16.2 Å². The standard InChI is InChI=1S/C25H27N5O2/c26-27-24(31)21-13-11-20(12-14-21)19-30(23-9-5-2-6-10-23)25(32)29-17-15-28(16-18-29)22-7-3-1-4-8-22/h1-14H,15-19,26H2,(H,27,31). The Morgan fingerprint density at radius 3 is 2.00 bits per heavy atom. The van der Waals surface area contributed by atoms with Gasteiger partial charge in [0.1, 0.15) is 0 Å². The molecule has 3 N–H and O–H groups in total. The second-order valence-electron chi connectivity index (χ2n) is 7.68. The second-order valence-corrected chi connectivity index (χ2v) is 7.68. The zero-order valence-electron chi connectivity index (χ0n) is 17.9. The zero-order valence-corrected chi connectivity index (χ0v) is 17.9. The first-order chi connectivity index (χ1) is 15.7. The van der Waals surface area contributed by atoms with Crippen molar-refractivity contribution in [2.24, 2.45) is 5.84 Å². The zero-order chi connectivity index (χ0) is 22.3. The monoisotopic (exact) mass is 429 g/mol. The van der Waals surface area contributed by atoms with E-state index in [1.165, 1.54) is 5.69 Å². The molecular formula is C25H27N5O2. The minimum absolute atomic E-state index is 0.0207. The number of urea groups is 1. The summed E-state index contributed by atoms with van der Waals surface area (Å²) in [5.74, 6) is 4.86. The number of piperazine rings is 1. The maximum atomic E-state index is 13.5. The number of rotatable bonds is 5. The van der Waals surface area contributed by atoms with Crippen LogP contribution in [0, 0.1) is 0 Å². The van der Waals surface area contributed by atoms with E-state index in [1.807, 2.05) is 65.6 Å². The summed E-state index contributed by atoms with van der Waals surface area (Å²) < 4.78 is 0. The number of nitrogens with one attached hydrogen (secondary N) is 1. The van der Waals surface area contributed by atoms with E-state index in [0.29, 0.717) is 25.2 Å².